The van der Waals surface area contributed by atoms with Gasteiger partial charge in [-0.05, 0) is 25.1 Å². The van der Waals surface area contributed by atoms with E-state index in [0.29, 0.717) is 6.04 Å². The van der Waals surface area contributed by atoms with Crippen LogP contribution in [0.5, 0.6) is 0 Å². The van der Waals surface area contributed by atoms with Gasteiger partial charge in [0.2, 0.25) is 0 Å². The summed E-state index contributed by atoms with van der Waals surface area (Å²) in [5.74, 6) is 0.968. The Bertz CT molecular complexity index is 572. The van der Waals surface area contributed by atoms with E-state index in [0.717, 1.165) is 42.2 Å². The van der Waals surface area contributed by atoms with Crippen LogP contribution in [0.4, 0.5) is 11.5 Å². The van der Waals surface area contributed by atoms with E-state index in [4.69, 9.17) is 10.5 Å². The lowest BCUT2D eigenvalue weighted by Crippen LogP contribution is -2.44. The van der Waals surface area contributed by atoms with Crippen molar-refractivity contribution < 1.29 is 4.74 Å². The molecule has 5 heteroatoms. The van der Waals surface area contributed by atoms with Crippen molar-refractivity contribution in [3.05, 3.63) is 24.5 Å². The van der Waals surface area contributed by atoms with Gasteiger partial charge in [0.05, 0.1) is 24.8 Å². The summed E-state index contributed by atoms with van der Waals surface area (Å²) in [5.41, 5.74) is 7.40. The lowest BCUT2D eigenvalue weighted by Gasteiger charge is -2.34. The fraction of sp³-hybridized carbons (Fsp3) is 0.385. The fourth-order valence-electron chi connectivity index (χ4n) is 2.33. The zero-order valence-electron chi connectivity index (χ0n) is 10.3. The van der Waals surface area contributed by atoms with Gasteiger partial charge in [0.15, 0.2) is 0 Å². The van der Waals surface area contributed by atoms with Crippen molar-refractivity contribution >= 4 is 22.4 Å². The molecule has 94 valence electrons. The van der Waals surface area contributed by atoms with E-state index in [9.17, 15) is 0 Å². The third kappa shape index (κ3) is 1.86. The minimum Gasteiger partial charge on any atom is -0.399 e. The fourth-order valence-corrected chi connectivity index (χ4v) is 2.33. The highest BCUT2D eigenvalue weighted by atomic mass is 16.5. The third-order valence-corrected chi connectivity index (χ3v) is 3.28. The molecule has 0 saturated carbocycles. The largest absolute Gasteiger partial charge is 0.399 e. The molecular formula is C13H16N4O. The lowest BCUT2D eigenvalue weighted by molar-refractivity contribution is 0.0987. The van der Waals surface area contributed by atoms with Crippen molar-refractivity contribution in [1.29, 1.82) is 0 Å². The van der Waals surface area contributed by atoms with Crippen molar-refractivity contribution in [3.63, 3.8) is 0 Å². The quantitative estimate of drug-likeness (QED) is 0.769. The van der Waals surface area contributed by atoms with Crippen LogP contribution in [-0.4, -0.2) is 35.8 Å². The highest BCUT2D eigenvalue weighted by Gasteiger charge is 2.21. The Kier molecular flexibility index (Phi) is 2.76. The van der Waals surface area contributed by atoms with E-state index in [1.807, 2.05) is 18.2 Å². The van der Waals surface area contributed by atoms with Crippen molar-refractivity contribution in [2.45, 2.75) is 13.0 Å². The van der Waals surface area contributed by atoms with E-state index in [2.05, 4.69) is 21.8 Å². The first-order valence-corrected chi connectivity index (χ1v) is 6.10. The summed E-state index contributed by atoms with van der Waals surface area (Å²) in [6.07, 6.45) is 1.60. The average molecular weight is 244 g/mol. The van der Waals surface area contributed by atoms with Gasteiger partial charge in [-0.2, -0.15) is 0 Å². The molecule has 0 aliphatic carbocycles. The molecule has 3 rings (SSSR count). The van der Waals surface area contributed by atoms with Gasteiger partial charge >= 0.3 is 0 Å². The number of aromatic nitrogens is 2. The summed E-state index contributed by atoms with van der Waals surface area (Å²) in [6, 6.07) is 6.09. The summed E-state index contributed by atoms with van der Waals surface area (Å²) in [7, 11) is 0. The first-order valence-electron chi connectivity index (χ1n) is 6.10. The average Bonchev–Trinajstić information content (AvgIpc) is 2.38. The number of rotatable bonds is 1. The number of benzene rings is 1. The van der Waals surface area contributed by atoms with E-state index in [-0.39, 0.29) is 0 Å². The van der Waals surface area contributed by atoms with Gasteiger partial charge in [-0.25, -0.2) is 9.97 Å². The molecule has 1 saturated heterocycles. The van der Waals surface area contributed by atoms with Gasteiger partial charge in [-0.15, -0.1) is 0 Å². The highest BCUT2D eigenvalue weighted by molar-refractivity contribution is 5.91. The number of hydrogen-bond acceptors (Lipinski definition) is 5. The monoisotopic (exact) mass is 244 g/mol. The highest BCUT2D eigenvalue weighted by Crippen LogP contribution is 2.26. The van der Waals surface area contributed by atoms with E-state index in [1.165, 1.54) is 0 Å². The minimum absolute atomic E-state index is 0.328. The molecule has 1 atom stereocenters. The molecule has 1 aliphatic rings. The predicted octanol–water partition coefficient (Wildman–Crippen LogP) is 1.44. The maximum absolute atomic E-state index is 5.79. The number of anilines is 2. The lowest BCUT2D eigenvalue weighted by atomic mass is 10.1. The number of fused-ring (bicyclic) bond motifs is 1. The van der Waals surface area contributed by atoms with Crippen LogP contribution in [0.3, 0.4) is 0 Å². The van der Waals surface area contributed by atoms with E-state index < -0.39 is 0 Å². The Hall–Kier alpha value is -1.88. The number of nitrogens with two attached hydrogens (primary N) is 1. The molecule has 1 aromatic carbocycles. The smallest absolute Gasteiger partial charge is 0.140 e. The van der Waals surface area contributed by atoms with Gasteiger partial charge in [-0.1, -0.05) is 0 Å². The summed E-state index contributed by atoms with van der Waals surface area (Å²) >= 11 is 0. The van der Waals surface area contributed by atoms with Gasteiger partial charge < -0.3 is 15.4 Å². The molecule has 1 aromatic heterocycles. The topological polar surface area (TPSA) is 64.3 Å². The van der Waals surface area contributed by atoms with Crippen LogP contribution >= 0.6 is 0 Å². The second-order valence-electron chi connectivity index (χ2n) is 4.59. The number of nitrogens with zero attached hydrogens (tertiary/aromatic N) is 3. The van der Waals surface area contributed by atoms with Crippen LogP contribution in [-0.2, 0) is 4.74 Å². The van der Waals surface area contributed by atoms with Gasteiger partial charge in [-0.3, -0.25) is 0 Å². The second-order valence-corrected chi connectivity index (χ2v) is 4.59. The molecule has 0 spiro atoms. The Morgan fingerprint density at radius 3 is 3.11 bits per heavy atom. The molecule has 5 nitrogen and oxygen atoms in total. The first-order chi connectivity index (χ1) is 8.75. The maximum Gasteiger partial charge on any atom is 0.140 e. The Morgan fingerprint density at radius 1 is 1.39 bits per heavy atom. The Morgan fingerprint density at radius 2 is 2.28 bits per heavy atom. The van der Waals surface area contributed by atoms with Crippen LogP contribution in [0, 0.1) is 0 Å². The maximum atomic E-state index is 5.79. The van der Waals surface area contributed by atoms with Gasteiger partial charge in [0.1, 0.15) is 12.1 Å². The molecule has 1 aliphatic heterocycles. The minimum atomic E-state index is 0.328. The molecule has 0 radical (unpaired) electrons. The van der Waals surface area contributed by atoms with Crippen LogP contribution < -0.4 is 10.6 Å². The predicted molar refractivity (Wildman–Crippen MR) is 71.6 cm³/mol. The molecule has 1 fully saturated rings. The normalized spacial score (nSPS) is 20.3. The van der Waals surface area contributed by atoms with Crippen LogP contribution in [0.2, 0.25) is 0 Å². The molecule has 2 N–H and O–H groups in total. The van der Waals surface area contributed by atoms with Crippen LogP contribution in [0.1, 0.15) is 6.92 Å². The Balaban J connectivity index is 2.10. The van der Waals surface area contributed by atoms with Crippen molar-refractivity contribution in [1.82, 2.24) is 9.97 Å². The first kappa shape index (κ1) is 11.2. The van der Waals surface area contributed by atoms with E-state index in [1.54, 1.807) is 6.33 Å². The molecular weight excluding hydrogens is 228 g/mol. The molecule has 0 bridgehead atoms. The molecule has 2 aromatic rings. The number of ether oxygens (including phenoxy) is 1. The van der Waals surface area contributed by atoms with Gasteiger partial charge in [0.25, 0.3) is 0 Å². The molecule has 18 heavy (non-hydrogen) atoms. The van der Waals surface area contributed by atoms with Crippen LogP contribution in [0.15, 0.2) is 24.5 Å². The zero-order chi connectivity index (χ0) is 12.5. The van der Waals surface area contributed by atoms with Crippen molar-refractivity contribution in [2.75, 3.05) is 30.4 Å². The van der Waals surface area contributed by atoms with Gasteiger partial charge in [0, 0.05) is 17.6 Å². The molecule has 0 amide bonds. The standard InChI is InChI=1S/C13H16N4O/c1-9-7-18-5-4-17(9)13-11-3-2-10(14)6-12(11)15-8-16-13/h2-3,6,8-9H,4-5,7,14H2,1H3. The summed E-state index contributed by atoms with van der Waals surface area (Å²) < 4.78 is 5.46. The third-order valence-electron chi connectivity index (χ3n) is 3.28. The molecule has 2 heterocycles. The summed E-state index contributed by atoms with van der Waals surface area (Å²) in [5, 5.41) is 1.04. The summed E-state index contributed by atoms with van der Waals surface area (Å²) in [6.45, 7) is 4.48. The van der Waals surface area contributed by atoms with E-state index >= 15 is 0 Å². The number of morpholine rings is 1. The van der Waals surface area contributed by atoms with Crippen LogP contribution in [0.25, 0.3) is 10.9 Å². The number of hydrogen-bond donors (Lipinski definition) is 1. The number of nitrogen functional groups attached to an aromatic ring is 1. The zero-order valence-corrected chi connectivity index (χ0v) is 10.3. The van der Waals surface area contributed by atoms with Crippen molar-refractivity contribution in [2.24, 2.45) is 0 Å². The summed E-state index contributed by atoms with van der Waals surface area (Å²) in [4.78, 5) is 11.0. The second kappa shape index (κ2) is 4.42. The SMILES string of the molecule is CC1COCCN1c1ncnc2cc(N)ccc12. The molecule has 1 unspecified atom stereocenters. The van der Waals surface area contributed by atoms with Crippen molar-refractivity contribution in [3.8, 4) is 0 Å². The Labute approximate surface area is 106 Å².